The average Bonchev–Trinajstić information content (AvgIpc) is 2.69. The van der Waals surface area contributed by atoms with E-state index in [1.54, 1.807) is 6.07 Å². The van der Waals surface area contributed by atoms with Crippen LogP contribution >= 0.6 is 0 Å². The highest BCUT2D eigenvalue weighted by atomic mass is 19.1. The van der Waals surface area contributed by atoms with Crippen LogP contribution < -0.4 is 10.9 Å². The maximum atomic E-state index is 13.6. The van der Waals surface area contributed by atoms with Gasteiger partial charge in [0.25, 0.3) is 5.91 Å². The number of hydrogen-bond donors (Lipinski definition) is 1. The summed E-state index contributed by atoms with van der Waals surface area (Å²) >= 11 is 0. The minimum Gasteiger partial charge on any atom is -0.459 e. The molecule has 0 unspecified atom stereocenters. The van der Waals surface area contributed by atoms with E-state index in [4.69, 9.17) is 9.15 Å². The van der Waals surface area contributed by atoms with Crippen molar-refractivity contribution in [2.75, 3.05) is 6.54 Å². The fourth-order valence-electron chi connectivity index (χ4n) is 3.24. The summed E-state index contributed by atoms with van der Waals surface area (Å²) < 4.78 is 24.1. The number of carbonyl (C=O) groups excluding carboxylic acids is 2. The van der Waals surface area contributed by atoms with Crippen LogP contribution in [0.3, 0.4) is 0 Å². The van der Waals surface area contributed by atoms with Crippen LogP contribution in [0.4, 0.5) is 4.39 Å². The molecule has 156 valence electrons. The van der Waals surface area contributed by atoms with Gasteiger partial charge in [-0.1, -0.05) is 26.0 Å². The van der Waals surface area contributed by atoms with Crippen molar-refractivity contribution in [1.29, 1.82) is 0 Å². The summed E-state index contributed by atoms with van der Waals surface area (Å²) in [5, 5.41) is 3.01. The van der Waals surface area contributed by atoms with Gasteiger partial charge >= 0.3 is 11.6 Å². The Morgan fingerprint density at radius 2 is 1.90 bits per heavy atom. The molecule has 0 spiro atoms. The van der Waals surface area contributed by atoms with Crippen LogP contribution in [0.15, 0.2) is 51.7 Å². The second kappa shape index (κ2) is 8.90. The summed E-state index contributed by atoms with van der Waals surface area (Å²) in [5.74, 6) is -1.84. The standard InChI is InChI=1S/C23H22FNO5/c1-13(2)17-10-18-15(9-21(26)30-20(18)8-14(17)3)12-29-22(27)11-25-23(28)16-6-4-5-7-19(16)24/h4-10,13H,11-12H2,1-3H3,(H,25,28). The molecule has 0 aliphatic rings. The second-order valence-electron chi connectivity index (χ2n) is 7.27. The predicted octanol–water partition coefficient (Wildman–Crippen LogP) is 3.84. The first kappa shape index (κ1) is 21.2. The number of carbonyl (C=O) groups is 2. The van der Waals surface area contributed by atoms with Gasteiger partial charge < -0.3 is 14.5 Å². The molecule has 1 amide bonds. The first-order valence-electron chi connectivity index (χ1n) is 9.52. The Bertz CT molecular complexity index is 1170. The fourth-order valence-corrected chi connectivity index (χ4v) is 3.24. The van der Waals surface area contributed by atoms with Crippen LogP contribution in [0, 0.1) is 12.7 Å². The maximum absolute atomic E-state index is 13.6. The van der Waals surface area contributed by atoms with Crippen LogP contribution in [0.2, 0.25) is 0 Å². The van der Waals surface area contributed by atoms with Crippen LogP contribution in [-0.2, 0) is 16.1 Å². The molecule has 0 fully saturated rings. The van der Waals surface area contributed by atoms with Crippen molar-refractivity contribution in [2.45, 2.75) is 33.3 Å². The number of fused-ring (bicyclic) bond motifs is 1. The first-order valence-corrected chi connectivity index (χ1v) is 9.52. The van der Waals surface area contributed by atoms with Gasteiger partial charge in [0.1, 0.15) is 24.6 Å². The summed E-state index contributed by atoms with van der Waals surface area (Å²) in [6.07, 6.45) is 0. The molecule has 0 saturated heterocycles. The van der Waals surface area contributed by atoms with Gasteiger partial charge in [0.2, 0.25) is 0 Å². The van der Waals surface area contributed by atoms with Crippen molar-refractivity contribution in [3.63, 3.8) is 0 Å². The van der Waals surface area contributed by atoms with Crippen molar-refractivity contribution in [3.8, 4) is 0 Å². The molecule has 0 radical (unpaired) electrons. The molecule has 0 bridgehead atoms. The SMILES string of the molecule is Cc1cc2oc(=O)cc(COC(=O)CNC(=O)c3ccccc3F)c2cc1C(C)C. The van der Waals surface area contributed by atoms with Crippen LogP contribution in [0.1, 0.15) is 46.8 Å². The van der Waals surface area contributed by atoms with E-state index >= 15 is 0 Å². The van der Waals surface area contributed by atoms with Crippen molar-refractivity contribution in [2.24, 2.45) is 0 Å². The number of benzene rings is 2. The lowest BCUT2D eigenvalue weighted by Crippen LogP contribution is -2.31. The predicted molar refractivity (Wildman–Crippen MR) is 110 cm³/mol. The molecule has 1 heterocycles. The molecule has 1 N–H and O–H groups in total. The second-order valence-corrected chi connectivity index (χ2v) is 7.27. The molecule has 3 aromatic rings. The van der Waals surface area contributed by atoms with Gasteiger partial charge in [-0.15, -0.1) is 0 Å². The quantitative estimate of drug-likeness (QED) is 0.492. The van der Waals surface area contributed by atoms with E-state index in [1.165, 1.54) is 24.3 Å². The molecule has 0 saturated carbocycles. The Morgan fingerprint density at radius 3 is 2.60 bits per heavy atom. The van der Waals surface area contributed by atoms with Crippen LogP contribution in [0.5, 0.6) is 0 Å². The highest BCUT2D eigenvalue weighted by Gasteiger charge is 2.15. The van der Waals surface area contributed by atoms with Gasteiger partial charge in [-0.2, -0.15) is 0 Å². The molecule has 2 aromatic carbocycles. The minimum atomic E-state index is -0.715. The Morgan fingerprint density at radius 1 is 1.17 bits per heavy atom. The van der Waals surface area contributed by atoms with Gasteiger partial charge in [-0.3, -0.25) is 9.59 Å². The molecular weight excluding hydrogens is 389 g/mol. The lowest BCUT2D eigenvalue weighted by atomic mass is 9.95. The zero-order chi connectivity index (χ0) is 21.8. The highest BCUT2D eigenvalue weighted by Crippen LogP contribution is 2.27. The third-order valence-corrected chi connectivity index (χ3v) is 4.74. The zero-order valence-corrected chi connectivity index (χ0v) is 17.0. The monoisotopic (exact) mass is 411 g/mol. The lowest BCUT2D eigenvalue weighted by molar-refractivity contribution is -0.143. The van der Waals surface area contributed by atoms with E-state index in [1.807, 2.05) is 13.0 Å². The van der Waals surface area contributed by atoms with E-state index in [-0.39, 0.29) is 18.1 Å². The van der Waals surface area contributed by atoms with Crippen LogP contribution in [-0.4, -0.2) is 18.4 Å². The Labute approximate surface area is 172 Å². The minimum absolute atomic E-state index is 0.156. The normalized spacial score (nSPS) is 11.0. The maximum Gasteiger partial charge on any atom is 0.336 e. The number of aryl methyl sites for hydroxylation is 1. The fraction of sp³-hybridized carbons (Fsp3) is 0.261. The molecule has 0 aliphatic heterocycles. The van der Waals surface area contributed by atoms with Gasteiger partial charge in [0, 0.05) is 17.0 Å². The topological polar surface area (TPSA) is 85.6 Å². The van der Waals surface area contributed by atoms with E-state index in [0.29, 0.717) is 16.5 Å². The van der Waals surface area contributed by atoms with Gasteiger partial charge in [0.05, 0.1) is 5.56 Å². The molecule has 30 heavy (non-hydrogen) atoms. The number of ether oxygens (including phenoxy) is 1. The number of nitrogens with one attached hydrogen (secondary N) is 1. The third-order valence-electron chi connectivity index (χ3n) is 4.74. The molecule has 1 aromatic heterocycles. The average molecular weight is 411 g/mol. The zero-order valence-electron chi connectivity index (χ0n) is 17.0. The summed E-state index contributed by atoms with van der Waals surface area (Å²) in [4.78, 5) is 35.9. The van der Waals surface area contributed by atoms with Gasteiger partial charge in [-0.25, -0.2) is 9.18 Å². The first-order chi connectivity index (χ1) is 14.3. The Kier molecular flexibility index (Phi) is 6.30. The molecule has 6 nitrogen and oxygen atoms in total. The van der Waals surface area contributed by atoms with E-state index in [9.17, 15) is 18.8 Å². The van der Waals surface area contributed by atoms with Crippen molar-refractivity contribution in [3.05, 3.63) is 81.0 Å². The van der Waals surface area contributed by atoms with Gasteiger partial charge in [0.15, 0.2) is 0 Å². The molecule has 3 rings (SSSR count). The number of halogens is 1. The van der Waals surface area contributed by atoms with Crippen molar-refractivity contribution >= 4 is 22.8 Å². The molecule has 7 heteroatoms. The summed E-state index contributed by atoms with van der Waals surface area (Å²) in [5.41, 5.74) is 2.33. The smallest absolute Gasteiger partial charge is 0.336 e. The van der Waals surface area contributed by atoms with Crippen molar-refractivity contribution in [1.82, 2.24) is 5.32 Å². The summed E-state index contributed by atoms with van der Waals surface area (Å²) in [6.45, 7) is 5.48. The largest absolute Gasteiger partial charge is 0.459 e. The summed E-state index contributed by atoms with van der Waals surface area (Å²) in [7, 11) is 0. The van der Waals surface area contributed by atoms with Crippen molar-refractivity contribution < 1.29 is 23.1 Å². The van der Waals surface area contributed by atoms with E-state index < -0.39 is 29.9 Å². The number of amides is 1. The number of hydrogen-bond acceptors (Lipinski definition) is 5. The number of rotatable bonds is 6. The number of esters is 1. The third kappa shape index (κ3) is 4.74. The van der Waals surface area contributed by atoms with E-state index in [2.05, 4.69) is 19.2 Å². The lowest BCUT2D eigenvalue weighted by Gasteiger charge is -2.13. The summed E-state index contributed by atoms with van der Waals surface area (Å²) in [6, 6.07) is 10.5. The van der Waals surface area contributed by atoms with Gasteiger partial charge in [-0.05, 0) is 48.2 Å². The Balaban J connectivity index is 1.71. The Hall–Kier alpha value is -3.48. The van der Waals surface area contributed by atoms with Crippen LogP contribution in [0.25, 0.3) is 11.0 Å². The van der Waals surface area contributed by atoms with E-state index in [0.717, 1.165) is 17.2 Å². The molecule has 0 atom stereocenters. The highest BCUT2D eigenvalue weighted by molar-refractivity contribution is 5.96. The molecule has 0 aliphatic carbocycles. The molecular formula is C23H22FNO5.